The van der Waals surface area contributed by atoms with E-state index in [1.165, 1.54) is 4.90 Å². The third-order valence-electron chi connectivity index (χ3n) is 3.89. The van der Waals surface area contributed by atoms with Gasteiger partial charge in [0.05, 0.1) is 25.4 Å². The monoisotopic (exact) mass is 286 g/mol. The van der Waals surface area contributed by atoms with Gasteiger partial charge in [0.2, 0.25) is 0 Å². The third kappa shape index (κ3) is 3.21. The molecule has 7 heteroatoms. The first-order valence-electron chi connectivity index (χ1n) is 6.94. The van der Waals surface area contributed by atoms with Crippen molar-refractivity contribution >= 4 is 12.0 Å². The molecular formula is C13H22N2O5. The summed E-state index contributed by atoms with van der Waals surface area (Å²) in [5, 5.41) is 9.16. The topological polar surface area (TPSA) is 79.3 Å². The zero-order valence-corrected chi connectivity index (χ0v) is 11.9. The second-order valence-corrected chi connectivity index (χ2v) is 5.42. The summed E-state index contributed by atoms with van der Waals surface area (Å²) in [6.45, 7) is 4.20. The van der Waals surface area contributed by atoms with Crippen LogP contribution in [-0.4, -0.2) is 79.0 Å². The summed E-state index contributed by atoms with van der Waals surface area (Å²) in [7, 11) is 1.65. The number of carboxylic acid groups (broad SMARTS) is 1. The van der Waals surface area contributed by atoms with Gasteiger partial charge in [-0.05, 0) is 13.3 Å². The van der Waals surface area contributed by atoms with E-state index in [4.69, 9.17) is 14.6 Å². The van der Waals surface area contributed by atoms with Crippen LogP contribution >= 0.6 is 0 Å². The maximum atomic E-state index is 12.5. The van der Waals surface area contributed by atoms with Crippen molar-refractivity contribution in [2.75, 3.05) is 40.0 Å². The second-order valence-electron chi connectivity index (χ2n) is 5.42. The maximum Gasteiger partial charge on any atom is 0.320 e. The summed E-state index contributed by atoms with van der Waals surface area (Å²) < 4.78 is 10.7. The van der Waals surface area contributed by atoms with E-state index in [1.807, 2.05) is 6.92 Å². The first-order chi connectivity index (χ1) is 9.50. The molecule has 1 N–H and O–H groups in total. The van der Waals surface area contributed by atoms with E-state index in [1.54, 1.807) is 11.9 Å². The molecule has 2 aliphatic heterocycles. The number of likely N-dealkylation sites (N-methyl/N-ethyl adjacent to an activating group) is 1. The molecular weight excluding hydrogens is 264 g/mol. The van der Waals surface area contributed by atoms with E-state index in [0.717, 1.165) is 6.42 Å². The van der Waals surface area contributed by atoms with Gasteiger partial charge in [0.25, 0.3) is 0 Å². The Kier molecular flexibility index (Phi) is 4.82. The molecule has 0 spiro atoms. The Bertz CT molecular complexity index is 376. The Morgan fingerprint density at radius 3 is 2.80 bits per heavy atom. The smallest absolute Gasteiger partial charge is 0.320 e. The molecule has 2 aliphatic rings. The lowest BCUT2D eigenvalue weighted by molar-refractivity contribution is -0.142. The molecule has 3 atom stereocenters. The molecule has 0 aliphatic carbocycles. The molecule has 7 nitrogen and oxygen atoms in total. The van der Waals surface area contributed by atoms with Gasteiger partial charge in [0.1, 0.15) is 5.92 Å². The van der Waals surface area contributed by atoms with Gasteiger partial charge in [-0.2, -0.15) is 0 Å². The van der Waals surface area contributed by atoms with Gasteiger partial charge in [-0.3, -0.25) is 4.79 Å². The van der Waals surface area contributed by atoms with Crippen molar-refractivity contribution in [2.45, 2.75) is 25.5 Å². The average molecular weight is 286 g/mol. The first-order valence-corrected chi connectivity index (χ1v) is 6.94. The predicted octanol–water partition coefficient (Wildman–Crippen LogP) is 0.249. The number of rotatable bonds is 2. The Hall–Kier alpha value is -1.34. The van der Waals surface area contributed by atoms with Crippen molar-refractivity contribution in [3.63, 3.8) is 0 Å². The van der Waals surface area contributed by atoms with Gasteiger partial charge >= 0.3 is 12.0 Å². The number of nitrogens with zero attached hydrogens (tertiary/aromatic N) is 2. The highest BCUT2D eigenvalue weighted by molar-refractivity contribution is 5.77. The van der Waals surface area contributed by atoms with Gasteiger partial charge in [0.15, 0.2) is 0 Å². The van der Waals surface area contributed by atoms with E-state index < -0.39 is 17.9 Å². The van der Waals surface area contributed by atoms with Crippen LogP contribution in [0, 0.1) is 5.92 Å². The van der Waals surface area contributed by atoms with Crippen molar-refractivity contribution in [1.82, 2.24) is 9.80 Å². The predicted molar refractivity (Wildman–Crippen MR) is 70.5 cm³/mol. The molecule has 0 aromatic heterocycles. The number of carbonyl (C=O) groups excluding carboxylic acids is 1. The van der Waals surface area contributed by atoms with Gasteiger partial charge < -0.3 is 24.4 Å². The minimum absolute atomic E-state index is 0.00458. The summed E-state index contributed by atoms with van der Waals surface area (Å²) in [5.41, 5.74) is 0. The van der Waals surface area contributed by atoms with Crippen LogP contribution in [0.4, 0.5) is 4.79 Å². The fourth-order valence-electron chi connectivity index (χ4n) is 2.69. The zero-order chi connectivity index (χ0) is 14.7. The number of aliphatic carboxylic acids is 1. The van der Waals surface area contributed by atoms with Crippen molar-refractivity contribution in [3.8, 4) is 0 Å². The Morgan fingerprint density at radius 1 is 1.35 bits per heavy atom. The van der Waals surface area contributed by atoms with Crippen molar-refractivity contribution in [2.24, 2.45) is 5.92 Å². The number of urea groups is 1. The molecule has 0 aromatic rings. The number of hydrogen-bond acceptors (Lipinski definition) is 4. The molecule has 3 unspecified atom stereocenters. The molecule has 2 rings (SSSR count). The fourth-order valence-corrected chi connectivity index (χ4v) is 2.69. The number of carboxylic acids is 1. The highest BCUT2D eigenvalue weighted by atomic mass is 16.5. The van der Waals surface area contributed by atoms with E-state index in [-0.39, 0.29) is 25.3 Å². The summed E-state index contributed by atoms with van der Waals surface area (Å²) >= 11 is 0. The number of amides is 2. The van der Waals surface area contributed by atoms with E-state index in [0.29, 0.717) is 19.7 Å². The van der Waals surface area contributed by atoms with Crippen LogP contribution in [0.25, 0.3) is 0 Å². The van der Waals surface area contributed by atoms with Crippen LogP contribution in [0.2, 0.25) is 0 Å². The van der Waals surface area contributed by atoms with Crippen molar-refractivity contribution < 1.29 is 24.2 Å². The molecule has 2 fully saturated rings. The third-order valence-corrected chi connectivity index (χ3v) is 3.89. The fraction of sp³-hybridized carbons (Fsp3) is 0.846. The van der Waals surface area contributed by atoms with Crippen molar-refractivity contribution in [3.05, 3.63) is 0 Å². The van der Waals surface area contributed by atoms with Gasteiger partial charge in [-0.25, -0.2) is 4.79 Å². The van der Waals surface area contributed by atoms with Crippen LogP contribution < -0.4 is 0 Å². The lowest BCUT2D eigenvalue weighted by atomic mass is 10.0. The number of hydrogen-bond donors (Lipinski definition) is 1. The van der Waals surface area contributed by atoms with Crippen LogP contribution in [0.3, 0.4) is 0 Å². The number of ether oxygens (including phenoxy) is 2. The van der Waals surface area contributed by atoms with Crippen LogP contribution in [0.1, 0.15) is 13.3 Å². The second kappa shape index (κ2) is 6.41. The lowest BCUT2D eigenvalue weighted by Crippen LogP contribution is -2.51. The molecule has 20 heavy (non-hydrogen) atoms. The molecule has 114 valence electrons. The quantitative estimate of drug-likeness (QED) is 0.787. The normalized spacial score (nSPS) is 30.9. The maximum absolute atomic E-state index is 12.5. The first kappa shape index (κ1) is 15.1. The molecule has 2 heterocycles. The molecule has 0 radical (unpaired) electrons. The van der Waals surface area contributed by atoms with Crippen molar-refractivity contribution in [1.29, 1.82) is 0 Å². The number of carbonyl (C=O) groups is 2. The van der Waals surface area contributed by atoms with Gasteiger partial charge in [-0.1, -0.05) is 0 Å². The highest BCUT2D eigenvalue weighted by Gasteiger charge is 2.39. The Morgan fingerprint density at radius 2 is 2.10 bits per heavy atom. The lowest BCUT2D eigenvalue weighted by Gasteiger charge is -2.32. The molecule has 2 saturated heterocycles. The van der Waals surface area contributed by atoms with Gasteiger partial charge in [0, 0.05) is 26.7 Å². The van der Waals surface area contributed by atoms with E-state index in [2.05, 4.69) is 0 Å². The van der Waals surface area contributed by atoms with Gasteiger partial charge in [-0.15, -0.1) is 0 Å². The highest BCUT2D eigenvalue weighted by Crippen LogP contribution is 2.20. The summed E-state index contributed by atoms with van der Waals surface area (Å²) in [4.78, 5) is 26.9. The molecule has 0 saturated carbocycles. The van der Waals surface area contributed by atoms with E-state index >= 15 is 0 Å². The Balaban J connectivity index is 2.02. The summed E-state index contributed by atoms with van der Waals surface area (Å²) in [5.74, 6) is -1.57. The van der Waals surface area contributed by atoms with Crippen LogP contribution in [-0.2, 0) is 14.3 Å². The minimum atomic E-state index is -0.917. The van der Waals surface area contributed by atoms with Crippen LogP contribution in [0.5, 0.6) is 0 Å². The SMILES string of the molecule is CC1CN(C(=O)N(C)C2COCC2C(=O)O)CCCO1. The van der Waals surface area contributed by atoms with Crippen LogP contribution in [0.15, 0.2) is 0 Å². The Labute approximate surface area is 118 Å². The largest absolute Gasteiger partial charge is 0.481 e. The average Bonchev–Trinajstić information content (AvgIpc) is 2.80. The summed E-state index contributed by atoms with van der Waals surface area (Å²) in [6, 6.07) is -0.552. The molecule has 0 bridgehead atoms. The standard InChI is InChI=1S/C13H22N2O5/c1-9-6-15(4-3-5-20-9)13(18)14(2)11-8-19-7-10(11)12(16)17/h9-11H,3-8H2,1-2H3,(H,16,17). The molecule has 0 aromatic carbocycles. The molecule has 2 amide bonds. The zero-order valence-electron chi connectivity index (χ0n) is 11.9. The van der Waals surface area contributed by atoms with E-state index in [9.17, 15) is 9.59 Å². The minimum Gasteiger partial charge on any atom is -0.481 e. The summed E-state index contributed by atoms with van der Waals surface area (Å²) in [6.07, 6.45) is 0.804.